The predicted molar refractivity (Wildman–Crippen MR) is 90.2 cm³/mol. The van der Waals surface area contributed by atoms with Crippen molar-refractivity contribution in [1.82, 2.24) is 25.1 Å². The van der Waals surface area contributed by atoms with Crippen LogP contribution in [0.3, 0.4) is 0 Å². The molecule has 1 saturated heterocycles. The molecule has 1 unspecified atom stereocenters. The number of rotatable bonds is 2. The Morgan fingerprint density at radius 2 is 2.22 bits per heavy atom. The van der Waals surface area contributed by atoms with Crippen LogP contribution in [0, 0.1) is 6.92 Å². The van der Waals surface area contributed by atoms with Crippen LogP contribution in [0.15, 0.2) is 24.7 Å². The van der Waals surface area contributed by atoms with Gasteiger partial charge in [0.15, 0.2) is 0 Å². The van der Waals surface area contributed by atoms with Gasteiger partial charge in [0, 0.05) is 0 Å². The van der Waals surface area contributed by atoms with Crippen LogP contribution in [0.4, 0.5) is 5.82 Å². The van der Waals surface area contributed by atoms with Gasteiger partial charge in [-0.3, -0.25) is 0 Å². The average Bonchev–Trinajstić information content (AvgIpc) is 3.01. The normalized spacial score (nSPS) is 18.5. The Hall–Kier alpha value is -1.94. The number of H-pyrrole nitrogens is 1. The Morgan fingerprint density at radius 3 is 3.04 bits per heavy atom. The maximum atomic E-state index is 4.80. The summed E-state index contributed by atoms with van der Waals surface area (Å²) in [5, 5.41) is 7.34. The van der Waals surface area contributed by atoms with Gasteiger partial charge in [0.2, 0.25) is 0 Å². The van der Waals surface area contributed by atoms with Gasteiger partial charge in [-0.15, -0.1) is 0 Å². The molecule has 3 aromatic rings. The van der Waals surface area contributed by atoms with Crippen LogP contribution in [0.5, 0.6) is 0 Å². The fourth-order valence-electron chi connectivity index (χ4n) is 3.28. The molecular weight excluding hydrogens is 351 g/mol. The fourth-order valence-corrected chi connectivity index (χ4v) is 3.74. The first kappa shape index (κ1) is 14.6. The van der Waals surface area contributed by atoms with Gasteiger partial charge in [-0.2, -0.15) is 0 Å². The third-order valence-corrected chi connectivity index (χ3v) is 5.16. The molecule has 7 heteroatoms. The summed E-state index contributed by atoms with van der Waals surface area (Å²) in [6.07, 6.45) is 5.83. The first-order valence-corrected chi connectivity index (χ1v) is 8.72. The molecule has 1 fully saturated rings. The Morgan fingerprint density at radius 1 is 1.30 bits per heavy atom. The molecule has 6 nitrogen and oxygen atoms in total. The number of hydrogen-bond donors (Lipinski definition) is 1. The molecule has 0 amide bonds. The SMILES string of the molecule is Cc1cn[nH]c1C1CCCN(c2ccc3ncnc([As])c3n2)C1. The molecule has 4 rings (SSSR count). The predicted octanol–water partition coefficient (Wildman–Crippen LogP) is 1.23. The van der Waals surface area contributed by atoms with E-state index in [1.54, 1.807) is 6.33 Å². The van der Waals surface area contributed by atoms with Crippen LogP contribution in [0.25, 0.3) is 11.0 Å². The molecule has 23 heavy (non-hydrogen) atoms. The summed E-state index contributed by atoms with van der Waals surface area (Å²) in [5.41, 5.74) is 4.25. The number of anilines is 1. The van der Waals surface area contributed by atoms with Gasteiger partial charge in [0.25, 0.3) is 0 Å². The number of aromatic nitrogens is 5. The summed E-state index contributed by atoms with van der Waals surface area (Å²) in [6, 6.07) is 4.09. The van der Waals surface area contributed by atoms with Gasteiger partial charge < -0.3 is 0 Å². The number of aryl methyl sites for hydroxylation is 1. The topological polar surface area (TPSA) is 70.6 Å². The molecule has 0 bridgehead atoms. The van der Waals surface area contributed by atoms with Crippen molar-refractivity contribution in [3.8, 4) is 0 Å². The number of piperidine rings is 1. The quantitative estimate of drug-likeness (QED) is 0.689. The van der Waals surface area contributed by atoms with Crippen molar-refractivity contribution in [3.05, 3.63) is 35.9 Å². The minimum absolute atomic E-state index is 0.479. The second-order valence-electron chi connectivity index (χ2n) is 5.99. The van der Waals surface area contributed by atoms with E-state index in [0.717, 1.165) is 40.8 Å². The Balaban J connectivity index is 1.65. The van der Waals surface area contributed by atoms with E-state index >= 15 is 0 Å². The monoisotopic (exact) mass is 368 g/mol. The number of nitrogens with one attached hydrogen (secondary N) is 1. The minimum atomic E-state index is 0.479. The zero-order chi connectivity index (χ0) is 15.8. The third-order valence-electron chi connectivity index (χ3n) is 4.47. The Labute approximate surface area is 143 Å². The molecule has 1 atom stereocenters. The van der Waals surface area contributed by atoms with Gasteiger partial charge in [-0.05, 0) is 0 Å². The van der Waals surface area contributed by atoms with Gasteiger partial charge in [-0.25, -0.2) is 0 Å². The maximum absolute atomic E-state index is 4.80. The number of pyridine rings is 1. The van der Waals surface area contributed by atoms with Gasteiger partial charge in [0.1, 0.15) is 0 Å². The zero-order valence-electron chi connectivity index (χ0n) is 12.9. The van der Waals surface area contributed by atoms with Gasteiger partial charge >= 0.3 is 143 Å². The van der Waals surface area contributed by atoms with E-state index in [1.165, 1.54) is 17.7 Å². The molecule has 1 aliphatic heterocycles. The number of nitrogens with zero attached hydrogens (tertiary/aromatic N) is 5. The molecule has 1 N–H and O–H groups in total. The first-order valence-electron chi connectivity index (χ1n) is 7.78. The van der Waals surface area contributed by atoms with E-state index in [0.29, 0.717) is 5.92 Å². The van der Waals surface area contributed by atoms with E-state index in [4.69, 9.17) is 4.98 Å². The number of aromatic amines is 1. The van der Waals surface area contributed by atoms with Crippen LogP contribution in [-0.2, 0) is 0 Å². The van der Waals surface area contributed by atoms with Crippen molar-refractivity contribution in [2.45, 2.75) is 25.7 Å². The van der Waals surface area contributed by atoms with Crippen molar-refractivity contribution in [2.75, 3.05) is 18.0 Å². The second kappa shape index (κ2) is 5.93. The fraction of sp³-hybridized carbons (Fsp3) is 0.375. The van der Waals surface area contributed by atoms with Crippen molar-refractivity contribution in [2.24, 2.45) is 0 Å². The number of fused-ring (bicyclic) bond motifs is 1. The second-order valence-corrected chi connectivity index (χ2v) is 6.88. The van der Waals surface area contributed by atoms with E-state index < -0.39 is 0 Å². The molecule has 1 aliphatic rings. The summed E-state index contributed by atoms with van der Waals surface area (Å²) in [4.78, 5) is 15.7. The molecule has 4 heterocycles. The van der Waals surface area contributed by atoms with Gasteiger partial charge in [-0.1, -0.05) is 0 Å². The third kappa shape index (κ3) is 2.72. The van der Waals surface area contributed by atoms with E-state index in [1.807, 2.05) is 12.3 Å². The zero-order valence-corrected chi connectivity index (χ0v) is 14.8. The standard InChI is InChI=1S/C16H17AsN6/c1-10-7-20-22-14(10)11-3-2-6-23(8-11)13-5-4-12-15(21-13)16(17)19-9-18-12/h4-5,7,9,11H,2-3,6,8H2,1H3,(H,20,22). The van der Waals surface area contributed by atoms with E-state index in [9.17, 15) is 0 Å². The average molecular weight is 368 g/mol. The number of hydrogen-bond acceptors (Lipinski definition) is 5. The van der Waals surface area contributed by atoms with E-state index in [2.05, 4.69) is 54.9 Å². The van der Waals surface area contributed by atoms with Crippen LogP contribution in [0.1, 0.15) is 30.0 Å². The van der Waals surface area contributed by atoms with Crippen LogP contribution < -0.4 is 9.38 Å². The van der Waals surface area contributed by atoms with Crippen molar-refractivity contribution in [3.63, 3.8) is 0 Å². The molecule has 0 aromatic carbocycles. The van der Waals surface area contributed by atoms with Crippen LogP contribution in [0.2, 0.25) is 0 Å². The van der Waals surface area contributed by atoms with Crippen LogP contribution in [-0.4, -0.2) is 55.1 Å². The first-order chi connectivity index (χ1) is 11.2. The Bertz CT molecular complexity index is 845. The molecule has 0 aliphatic carbocycles. The van der Waals surface area contributed by atoms with Crippen molar-refractivity contribution < 1.29 is 0 Å². The van der Waals surface area contributed by atoms with Crippen molar-refractivity contribution in [1.29, 1.82) is 0 Å². The molecule has 2 radical (unpaired) electrons. The molecule has 116 valence electrons. The molecule has 0 spiro atoms. The molecular formula is C16H17AsN6. The summed E-state index contributed by atoms with van der Waals surface area (Å²) in [5.74, 6) is 1.48. The molecule has 0 saturated carbocycles. The molecule has 3 aromatic heterocycles. The van der Waals surface area contributed by atoms with Crippen molar-refractivity contribution >= 4 is 38.2 Å². The summed E-state index contributed by atoms with van der Waals surface area (Å²) in [6.45, 7) is 4.11. The summed E-state index contributed by atoms with van der Waals surface area (Å²) in [7, 11) is 0. The summed E-state index contributed by atoms with van der Waals surface area (Å²) >= 11 is 2.47. The Kier molecular flexibility index (Phi) is 3.77. The van der Waals surface area contributed by atoms with Crippen LogP contribution >= 0.6 is 0 Å². The summed E-state index contributed by atoms with van der Waals surface area (Å²) < 4.78 is 0.863. The van der Waals surface area contributed by atoms with Gasteiger partial charge in [0.05, 0.1) is 0 Å². The van der Waals surface area contributed by atoms with E-state index in [-0.39, 0.29) is 0 Å².